The minimum atomic E-state index is 0.567. The van der Waals surface area contributed by atoms with Crippen LogP contribution in [-0.2, 0) is 0 Å². The predicted molar refractivity (Wildman–Crippen MR) is 50.4 cm³/mol. The zero-order valence-electron chi connectivity index (χ0n) is 6.67. The first-order valence-electron chi connectivity index (χ1n) is 3.21. The van der Waals surface area contributed by atoms with Gasteiger partial charge in [-0.15, -0.1) is 6.42 Å². The van der Waals surface area contributed by atoms with E-state index in [-0.39, 0.29) is 0 Å². The van der Waals surface area contributed by atoms with Gasteiger partial charge in [-0.2, -0.15) is 0 Å². The molecule has 0 fully saturated rings. The normalized spacial score (nSPS) is 12.0. The van der Waals surface area contributed by atoms with Gasteiger partial charge in [-0.1, -0.05) is 25.2 Å². The van der Waals surface area contributed by atoms with Gasteiger partial charge in [0.1, 0.15) is 5.70 Å². The Hall–Kier alpha value is -1.55. The van der Waals surface area contributed by atoms with E-state index in [0.29, 0.717) is 5.70 Å². The molecule has 0 aromatic carbocycles. The average molecular weight is 145 g/mol. The number of nitrogens with zero attached hydrogens (tertiary/aromatic N) is 1. The van der Waals surface area contributed by atoms with Crippen molar-refractivity contribution in [3.05, 3.63) is 37.1 Å². The Morgan fingerprint density at radius 1 is 1.55 bits per heavy atom. The maximum atomic E-state index is 5.15. The van der Waals surface area contributed by atoms with Crippen LogP contribution < -0.4 is 0 Å². The van der Waals surface area contributed by atoms with E-state index in [1.165, 1.54) is 0 Å². The van der Waals surface area contributed by atoms with Crippen LogP contribution in [0, 0.1) is 12.3 Å². The summed E-state index contributed by atoms with van der Waals surface area (Å²) in [6.07, 6.45) is 10.1. The highest BCUT2D eigenvalue weighted by atomic mass is 14.7. The van der Waals surface area contributed by atoms with Crippen LogP contribution in [0.2, 0.25) is 0 Å². The van der Waals surface area contributed by atoms with Crippen molar-refractivity contribution in [2.24, 2.45) is 4.99 Å². The fourth-order valence-electron chi connectivity index (χ4n) is 0.465. The molecule has 0 bridgehead atoms. The van der Waals surface area contributed by atoms with Gasteiger partial charge in [0.2, 0.25) is 0 Å². The molecule has 0 atom stereocenters. The number of hydrogen-bond donors (Lipinski definition) is 0. The van der Waals surface area contributed by atoms with Gasteiger partial charge in [-0.25, -0.2) is 4.99 Å². The first-order valence-corrected chi connectivity index (χ1v) is 3.21. The summed E-state index contributed by atoms with van der Waals surface area (Å²) in [5.74, 6) is 2.42. The quantitative estimate of drug-likeness (QED) is 0.328. The minimum Gasteiger partial charge on any atom is -0.245 e. The Labute approximate surface area is 67.8 Å². The summed E-state index contributed by atoms with van der Waals surface area (Å²) in [4.78, 5) is 4.06. The molecule has 0 aliphatic heterocycles. The molecule has 0 aliphatic carbocycles. The van der Waals surface area contributed by atoms with Crippen molar-refractivity contribution in [1.82, 2.24) is 0 Å². The van der Waals surface area contributed by atoms with E-state index in [1.807, 2.05) is 6.92 Å². The second-order valence-corrected chi connectivity index (χ2v) is 1.89. The Morgan fingerprint density at radius 2 is 2.18 bits per heavy atom. The lowest BCUT2D eigenvalue weighted by Crippen LogP contribution is -1.83. The van der Waals surface area contributed by atoms with Crippen LogP contribution in [-0.4, -0.2) is 5.71 Å². The number of terminal acetylenes is 1. The fourth-order valence-corrected chi connectivity index (χ4v) is 0.465. The summed E-state index contributed by atoms with van der Waals surface area (Å²) >= 11 is 0. The molecule has 0 aliphatic rings. The lowest BCUT2D eigenvalue weighted by molar-refractivity contribution is 1.43. The predicted octanol–water partition coefficient (Wildman–Crippen LogP) is 2.34. The zero-order chi connectivity index (χ0) is 8.69. The number of hydrogen-bond acceptors (Lipinski definition) is 1. The van der Waals surface area contributed by atoms with E-state index in [0.717, 1.165) is 5.71 Å². The van der Waals surface area contributed by atoms with Crippen molar-refractivity contribution in [3.8, 4) is 12.3 Å². The lowest BCUT2D eigenvalue weighted by atomic mass is 10.3. The van der Waals surface area contributed by atoms with Gasteiger partial charge in [0.15, 0.2) is 0 Å². The van der Waals surface area contributed by atoms with Gasteiger partial charge in [0.25, 0.3) is 0 Å². The Balaban J connectivity index is 4.58. The van der Waals surface area contributed by atoms with Crippen LogP contribution in [0.3, 0.4) is 0 Å². The molecule has 1 heteroatoms. The smallest absolute Gasteiger partial charge is 0.113 e. The molecule has 0 rings (SSSR count). The molecule has 0 N–H and O–H groups in total. The number of rotatable bonds is 3. The highest BCUT2D eigenvalue weighted by Gasteiger charge is 1.85. The van der Waals surface area contributed by atoms with Crippen molar-refractivity contribution in [2.75, 3.05) is 0 Å². The maximum Gasteiger partial charge on any atom is 0.113 e. The molecule has 0 unspecified atom stereocenters. The third-order valence-electron chi connectivity index (χ3n) is 1.02. The van der Waals surface area contributed by atoms with Gasteiger partial charge in [-0.05, 0) is 19.1 Å². The average Bonchev–Trinajstić information content (AvgIpc) is 2.03. The van der Waals surface area contributed by atoms with Crippen LogP contribution >= 0.6 is 0 Å². The largest absolute Gasteiger partial charge is 0.245 e. The van der Waals surface area contributed by atoms with E-state index < -0.39 is 0 Å². The summed E-state index contributed by atoms with van der Waals surface area (Å²) in [7, 11) is 0. The first-order chi connectivity index (χ1) is 5.24. The van der Waals surface area contributed by atoms with E-state index in [9.17, 15) is 0 Å². The van der Waals surface area contributed by atoms with Gasteiger partial charge >= 0.3 is 0 Å². The molecule has 0 saturated heterocycles. The maximum absolute atomic E-state index is 5.15. The number of allylic oxidation sites excluding steroid dienone is 4. The Kier molecular flexibility index (Phi) is 4.51. The first kappa shape index (κ1) is 9.45. The molecule has 1 nitrogen and oxygen atoms in total. The fraction of sp³-hybridized carbons (Fsp3) is 0.100. The number of aliphatic imine (C=N–C) groups is 1. The van der Waals surface area contributed by atoms with Crippen molar-refractivity contribution in [1.29, 1.82) is 0 Å². The van der Waals surface area contributed by atoms with Crippen molar-refractivity contribution in [3.63, 3.8) is 0 Å². The molecule has 56 valence electrons. The molecular weight excluding hydrogens is 134 g/mol. The Bertz CT molecular complexity index is 249. The topological polar surface area (TPSA) is 12.4 Å². The van der Waals surface area contributed by atoms with Gasteiger partial charge in [-0.3, -0.25) is 0 Å². The second-order valence-electron chi connectivity index (χ2n) is 1.89. The van der Waals surface area contributed by atoms with Gasteiger partial charge in [0.05, 0.1) is 0 Å². The van der Waals surface area contributed by atoms with Crippen LogP contribution in [0.25, 0.3) is 0 Å². The summed E-state index contributed by atoms with van der Waals surface area (Å²) in [6, 6.07) is 0. The Morgan fingerprint density at radius 3 is 2.55 bits per heavy atom. The molecular formula is C10H11N. The molecule has 0 aromatic rings. The molecule has 11 heavy (non-hydrogen) atoms. The third kappa shape index (κ3) is 3.94. The van der Waals surface area contributed by atoms with Gasteiger partial charge < -0.3 is 0 Å². The zero-order valence-corrected chi connectivity index (χ0v) is 6.67. The standard InChI is InChI=1S/C10H11N/c1-5-8-10(7-3)11-9(4)6-2/h3,5-6,8H,1-2H2,4H3/b10-8-,11-9?. The summed E-state index contributed by atoms with van der Waals surface area (Å²) in [5.41, 5.74) is 1.37. The van der Waals surface area contributed by atoms with Crippen LogP contribution in [0.4, 0.5) is 0 Å². The van der Waals surface area contributed by atoms with E-state index >= 15 is 0 Å². The monoisotopic (exact) mass is 145 g/mol. The molecule has 0 heterocycles. The molecule has 0 amide bonds. The van der Waals surface area contributed by atoms with Crippen LogP contribution in [0.1, 0.15) is 6.92 Å². The van der Waals surface area contributed by atoms with Crippen LogP contribution in [0.15, 0.2) is 42.1 Å². The van der Waals surface area contributed by atoms with E-state index in [4.69, 9.17) is 6.42 Å². The second kappa shape index (κ2) is 5.25. The third-order valence-corrected chi connectivity index (χ3v) is 1.02. The molecule has 0 aromatic heterocycles. The van der Waals surface area contributed by atoms with Crippen molar-refractivity contribution < 1.29 is 0 Å². The van der Waals surface area contributed by atoms with Crippen LogP contribution in [0.5, 0.6) is 0 Å². The highest BCUT2D eigenvalue weighted by Crippen LogP contribution is 1.95. The molecule has 0 radical (unpaired) electrons. The summed E-state index contributed by atoms with van der Waals surface area (Å²) in [6.45, 7) is 8.90. The van der Waals surface area contributed by atoms with Crippen molar-refractivity contribution >= 4 is 5.71 Å². The molecule has 0 spiro atoms. The summed E-state index contributed by atoms with van der Waals surface area (Å²) < 4.78 is 0. The lowest BCUT2D eigenvalue weighted by Gasteiger charge is -1.90. The van der Waals surface area contributed by atoms with Gasteiger partial charge in [0, 0.05) is 5.71 Å². The highest BCUT2D eigenvalue weighted by molar-refractivity contribution is 5.93. The van der Waals surface area contributed by atoms with E-state index in [2.05, 4.69) is 24.1 Å². The SMILES string of the molecule is C#C/C(=C/C=C)N=C(C)C=C. The summed E-state index contributed by atoms with van der Waals surface area (Å²) in [5, 5.41) is 0. The van der Waals surface area contributed by atoms with E-state index in [1.54, 1.807) is 18.2 Å². The molecule has 0 saturated carbocycles. The minimum absolute atomic E-state index is 0.567. The van der Waals surface area contributed by atoms with Crippen molar-refractivity contribution in [2.45, 2.75) is 6.92 Å².